The fourth-order valence-corrected chi connectivity index (χ4v) is 2.78. The highest BCUT2D eigenvalue weighted by Gasteiger charge is 2.33. The summed E-state index contributed by atoms with van der Waals surface area (Å²) in [5, 5.41) is 0.769. The summed E-state index contributed by atoms with van der Waals surface area (Å²) in [6.45, 7) is 0.557. The van der Waals surface area contributed by atoms with Crippen LogP contribution in [0, 0.1) is 0 Å². The summed E-state index contributed by atoms with van der Waals surface area (Å²) in [6, 6.07) is 4.86. The maximum absolute atomic E-state index is 12.6. The standard InChI is InChI=1S/C14H16N4O2/c15-8-3-4-11-9(6-8)10(7-17-11)14(20)18-5-1-2-12(18)13(16)19/h3-4,6-7,12,17H,1-2,5,15H2,(H2,16,19). The lowest BCUT2D eigenvalue weighted by Crippen LogP contribution is -2.43. The van der Waals surface area contributed by atoms with Crippen molar-refractivity contribution in [3.8, 4) is 0 Å². The second-order valence-electron chi connectivity index (χ2n) is 5.07. The summed E-state index contributed by atoms with van der Waals surface area (Å²) in [6.07, 6.45) is 3.08. The van der Waals surface area contributed by atoms with Crippen molar-refractivity contribution in [2.75, 3.05) is 12.3 Å². The molecule has 6 nitrogen and oxygen atoms in total. The predicted octanol–water partition coefficient (Wildman–Crippen LogP) is 0.840. The number of H-pyrrole nitrogens is 1. The SMILES string of the molecule is NC(=O)C1CCCN1C(=O)c1c[nH]c2ccc(N)cc12. The molecule has 0 aliphatic carbocycles. The number of carbonyl (C=O) groups excluding carboxylic acids is 2. The summed E-state index contributed by atoms with van der Waals surface area (Å²) >= 11 is 0. The Bertz CT molecular complexity index is 692. The maximum atomic E-state index is 12.6. The third-order valence-electron chi connectivity index (χ3n) is 3.78. The lowest BCUT2D eigenvalue weighted by atomic mass is 10.1. The fourth-order valence-electron chi connectivity index (χ4n) is 2.78. The zero-order valence-corrected chi connectivity index (χ0v) is 10.9. The number of hydrogen-bond donors (Lipinski definition) is 3. The highest BCUT2D eigenvalue weighted by Crippen LogP contribution is 2.25. The van der Waals surface area contributed by atoms with Gasteiger partial charge in [-0.25, -0.2) is 0 Å². The smallest absolute Gasteiger partial charge is 0.256 e. The Morgan fingerprint density at radius 3 is 2.90 bits per heavy atom. The van der Waals surface area contributed by atoms with Crippen molar-refractivity contribution in [1.29, 1.82) is 0 Å². The molecule has 104 valence electrons. The van der Waals surface area contributed by atoms with Gasteiger partial charge in [0.1, 0.15) is 6.04 Å². The van der Waals surface area contributed by atoms with E-state index in [9.17, 15) is 9.59 Å². The number of aromatic nitrogens is 1. The summed E-state index contributed by atoms with van der Waals surface area (Å²) < 4.78 is 0. The van der Waals surface area contributed by atoms with Crippen LogP contribution >= 0.6 is 0 Å². The molecule has 2 heterocycles. The molecule has 1 atom stereocenters. The number of nitrogens with two attached hydrogens (primary N) is 2. The number of nitrogens with zero attached hydrogens (tertiary/aromatic N) is 1. The van der Waals surface area contributed by atoms with Gasteiger partial charge in [-0.2, -0.15) is 0 Å². The molecule has 0 saturated carbocycles. The van der Waals surface area contributed by atoms with Crippen LogP contribution in [-0.2, 0) is 4.79 Å². The van der Waals surface area contributed by atoms with Crippen molar-refractivity contribution in [3.05, 3.63) is 30.0 Å². The van der Waals surface area contributed by atoms with Crippen molar-refractivity contribution in [1.82, 2.24) is 9.88 Å². The van der Waals surface area contributed by atoms with Crippen molar-refractivity contribution >= 4 is 28.4 Å². The van der Waals surface area contributed by atoms with Gasteiger partial charge < -0.3 is 21.4 Å². The van der Waals surface area contributed by atoms with E-state index in [1.54, 1.807) is 23.2 Å². The van der Waals surface area contributed by atoms with E-state index in [1.165, 1.54) is 0 Å². The van der Waals surface area contributed by atoms with Gasteiger partial charge in [-0.15, -0.1) is 0 Å². The molecule has 1 aliphatic heterocycles. The van der Waals surface area contributed by atoms with Crippen molar-refractivity contribution in [2.24, 2.45) is 5.73 Å². The monoisotopic (exact) mass is 272 g/mol. The number of aromatic amines is 1. The number of primary amides is 1. The molecular weight excluding hydrogens is 256 g/mol. The second kappa shape index (κ2) is 4.56. The molecule has 1 aliphatic rings. The molecule has 0 spiro atoms. The number of carbonyl (C=O) groups is 2. The van der Waals surface area contributed by atoms with Gasteiger partial charge in [0.2, 0.25) is 5.91 Å². The molecule has 1 fully saturated rings. The molecule has 2 aromatic rings. The molecule has 2 amide bonds. The van der Waals surface area contributed by atoms with E-state index >= 15 is 0 Å². The molecule has 1 saturated heterocycles. The number of rotatable bonds is 2. The Hall–Kier alpha value is -2.50. The first kappa shape index (κ1) is 12.5. The summed E-state index contributed by atoms with van der Waals surface area (Å²) in [7, 11) is 0. The minimum atomic E-state index is -0.506. The first-order chi connectivity index (χ1) is 9.58. The number of benzene rings is 1. The van der Waals surface area contributed by atoms with E-state index in [1.807, 2.05) is 6.07 Å². The average Bonchev–Trinajstić information content (AvgIpc) is 3.04. The quantitative estimate of drug-likeness (QED) is 0.705. The first-order valence-corrected chi connectivity index (χ1v) is 6.55. The third kappa shape index (κ3) is 1.89. The lowest BCUT2D eigenvalue weighted by Gasteiger charge is -2.21. The van der Waals surface area contributed by atoms with E-state index in [0.717, 1.165) is 17.3 Å². The van der Waals surface area contributed by atoms with Crippen molar-refractivity contribution < 1.29 is 9.59 Å². The molecule has 1 aromatic heterocycles. The number of nitrogen functional groups attached to an aromatic ring is 1. The third-order valence-corrected chi connectivity index (χ3v) is 3.78. The van der Waals surface area contributed by atoms with Gasteiger partial charge in [0.05, 0.1) is 5.56 Å². The largest absolute Gasteiger partial charge is 0.399 e. The highest BCUT2D eigenvalue weighted by molar-refractivity contribution is 6.08. The molecule has 0 bridgehead atoms. The van der Waals surface area contributed by atoms with E-state index in [4.69, 9.17) is 11.5 Å². The predicted molar refractivity (Wildman–Crippen MR) is 76.0 cm³/mol. The van der Waals surface area contributed by atoms with Crippen LogP contribution in [0.3, 0.4) is 0 Å². The van der Waals surface area contributed by atoms with Crippen LogP contribution in [-0.4, -0.2) is 34.3 Å². The Labute approximate surface area is 115 Å². The molecule has 5 N–H and O–H groups in total. The minimum absolute atomic E-state index is 0.178. The molecule has 0 radical (unpaired) electrons. The lowest BCUT2D eigenvalue weighted by molar-refractivity contribution is -0.121. The van der Waals surface area contributed by atoms with E-state index < -0.39 is 11.9 Å². The van der Waals surface area contributed by atoms with Crippen LogP contribution in [0.25, 0.3) is 10.9 Å². The van der Waals surface area contributed by atoms with Crippen LogP contribution in [0.2, 0.25) is 0 Å². The fraction of sp³-hybridized carbons (Fsp3) is 0.286. The Kier molecular flexibility index (Phi) is 2.85. The maximum Gasteiger partial charge on any atom is 0.256 e. The van der Waals surface area contributed by atoms with Gasteiger partial charge >= 0.3 is 0 Å². The molecule has 6 heteroatoms. The molecule has 1 unspecified atom stereocenters. The van der Waals surface area contributed by atoms with Crippen molar-refractivity contribution in [3.63, 3.8) is 0 Å². The number of anilines is 1. The normalized spacial score (nSPS) is 18.6. The number of nitrogens with one attached hydrogen (secondary N) is 1. The summed E-state index contributed by atoms with van der Waals surface area (Å²) in [4.78, 5) is 28.6. The van der Waals surface area contributed by atoms with Crippen LogP contribution in [0.15, 0.2) is 24.4 Å². The number of likely N-dealkylation sites (tertiary alicyclic amines) is 1. The zero-order valence-electron chi connectivity index (χ0n) is 10.9. The van der Waals surface area contributed by atoms with E-state index in [0.29, 0.717) is 24.2 Å². The number of fused-ring (bicyclic) bond motifs is 1. The van der Waals surface area contributed by atoms with E-state index in [-0.39, 0.29) is 5.91 Å². The summed E-state index contributed by atoms with van der Waals surface area (Å²) in [5.74, 6) is -0.627. The Balaban J connectivity index is 2.00. The van der Waals surface area contributed by atoms with Crippen LogP contribution in [0.1, 0.15) is 23.2 Å². The topological polar surface area (TPSA) is 105 Å². The summed E-state index contributed by atoms with van der Waals surface area (Å²) in [5.41, 5.74) is 13.1. The van der Waals surface area contributed by atoms with Gasteiger partial charge in [-0.05, 0) is 31.0 Å². The van der Waals surface area contributed by atoms with Crippen LogP contribution in [0.4, 0.5) is 5.69 Å². The van der Waals surface area contributed by atoms with Gasteiger partial charge in [0, 0.05) is 29.3 Å². The van der Waals surface area contributed by atoms with Crippen LogP contribution in [0.5, 0.6) is 0 Å². The average molecular weight is 272 g/mol. The van der Waals surface area contributed by atoms with Gasteiger partial charge in [-0.1, -0.05) is 0 Å². The van der Waals surface area contributed by atoms with Gasteiger partial charge in [-0.3, -0.25) is 9.59 Å². The molecule has 20 heavy (non-hydrogen) atoms. The number of hydrogen-bond acceptors (Lipinski definition) is 3. The first-order valence-electron chi connectivity index (χ1n) is 6.55. The highest BCUT2D eigenvalue weighted by atomic mass is 16.2. The Morgan fingerprint density at radius 1 is 1.35 bits per heavy atom. The van der Waals surface area contributed by atoms with Gasteiger partial charge in [0.15, 0.2) is 0 Å². The number of amides is 2. The molecular formula is C14H16N4O2. The van der Waals surface area contributed by atoms with Crippen LogP contribution < -0.4 is 11.5 Å². The van der Waals surface area contributed by atoms with Crippen molar-refractivity contribution in [2.45, 2.75) is 18.9 Å². The molecule has 3 rings (SSSR count). The van der Waals surface area contributed by atoms with Gasteiger partial charge in [0.25, 0.3) is 5.91 Å². The van der Waals surface area contributed by atoms with E-state index in [2.05, 4.69) is 4.98 Å². The minimum Gasteiger partial charge on any atom is -0.399 e. The second-order valence-corrected chi connectivity index (χ2v) is 5.07. The molecule has 1 aromatic carbocycles. The zero-order chi connectivity index (χ0) is 14.3. The Morgan fingerprint density at radius 2 is 2.15 bits per heavy atom.